The predicted octanol–water partition coefficient (Wildman–Crippen LogP) is 3.88. The molecular formula is C19H26N4OS. The lowest BCUT2D eigenvalue weighted by molar-refractivity contribution is -0.123. The van der Waals surface area contributed by atoms with Crippen LogP contribution in [0.25, 0.3) is 5.69 Å². The van der Waals surface area contributed by atoms with E-state index in [2.05, 4.69) is 50.9 Å². The molecule has 0 amide bonds. The second kappa shape index (κ2) is 7.20. The van der Waals surface area contributed by atoms with Gasteiger partial charge in [-0.1, -0.05) is 50.2 Å². The molecule has 0 unspecified atom stereocenters. The van der Waals surface area contributed by atoms with Crippen LogP contribution < -0.4 is 4.90 Å². The summed E-state index contributed by atoms with van der Waals surface area (Å²) < 4.78 is 2.09. The van der Waals surface area contributed by atoms with Gasteiger partial charge < -0.3 is 4.90 Å². The first-order chi connectivity index (χ1) is 11.9. The summed E-state index contributed by atoms with van der Waals surface area (Å²) in [5.41, 5.74) is 1.93. The summed E-state index contributed by atoms with van der Waals surface area (Å²) >= 11 is 1.47. The van der Waals surface area contributed by atoms with Gasteiger partial charge in [-0.25, -0.2) is 0 Å². The first kappa shape index (κ1) is 18.0. The quantitative estimate of drug-likeness (QED) is 0.759. The number of thioether (sulfide) groups is 1. The van der Waals surface area contributed by atoms with Gasteiger partial charge in [-0.15, -0.1) is 10.2 Å². The summed E-state index contributed by atoms with van der Waals surface area (Å²) in [6.07, 6.45) is 2.37. The zero-order valence-corrected chi connectivity index (χ0v) is 16.3. The van der Waals surface area contributed by atoms with Crippen molar-refractivity contribution in [3.63, 3.8) is 0 Å². The van der Waals surface area contributed by atoms with Crippen molar-refractivity contribution in [2.75, 3.05) is 23.7 Å². The summed E-state index contributed by atoms with van der Waals surface area (Å²) in [4.78, 5) is 14.6. The van der Waals surface area contributed by atoms with Crippen molar-refractivity contribution in [2.45, 2.75) is 45.7 Å². The SMILES string of the molecule is Cc1ccc(-n2c(SCC(=O)C(C)(C)C)nnc2N2CCCC2)cc1. The van der Waals surface area contributed by atoms with Gasteiger partial charge in [0.05, 0.1) is 11.4 Å². The molecule has 0 radical (unpaired) electrons. The van der Waals surface area contributed by atoms with Gasteiger partial charge in [0.1, 0.15) is 5.78 Å². The monoisotopic (exact) mass is 358 g/mol. The van der Waals surface area contributed by atoms with Crippen molar-refractivity contribution in [1.82, 2.24) is 14.8 Å². The molecule has 0 atom stereocenters. The van der Waals surface area contributed by atoms with Crippen LogP contribution >= 0.6 is 11.8 Å². The van der Waals surface area contributed by atoms with Crippen LogP contribution in [0.15, 0.2) is 29.4 Å². The molecule has 1 saturated heterocycles. The Morgan fingerprint density at radius 1 is 1.12 bits per heavy atom. The van der Waals surface area contributed by atoms with Crippen LogP contribution in [0, 0.1) is 12.3 Å². The van der Waals surface area contributed by atoms with E-state index < -0.39 is 0 Å². The Labute approximate surface area is 153 Å². The molecule has 134 valence electrons. The molecule has 3 rings (SSSR count). The summed E-state index contributed by atoms with van der Waals surface area (Å²) in [5, 5.41) is 9.62. The third kappa shape index (κ3) is 4.06. The molecule has 1 aliphatic rings. The molecule has 6 heteroatoms. The van der Waals surface area contributed by atoms with Gasteiger partial charge in [-0.3, -0.25) is 9.36 Å². The molecule has 1 aromatic carbocycles. The number of carbonyl (C=O) groups is 1. The number of nitrogens with zero attached hydrogens (tertiary/aromatic N) is 4. The average Bonchev–Trinajstić information content (AvgIpc) is 3.21. The molecule has 2 heterocycles. The molecule has 2 aromatic rings. The lowest BCUT2D eigenvalue weighted by atomic mass is 9.92. The maximum Gasteiger partial charge on any atom is 0.232 e. The van der Waals surface area contributed by atoms with Crippen LogP contribution in [0.5, 0.6) is 0 Å². The number of aromatic nitrogens is 3. The highest BCUT2D eigenvalue weighted by molar-refractivity contribution is 7.99. The summed E-state index contributed by atoms with van der Waals surface area (Å²) in [6.45, 7) is 9.96. The minimum absolute atomic E-state index is 0.221. The summed E-state index contributed by atoms with van der Waals surface area (Å²) in [6, 6.07) is 8.37. The zero-order chi connectivity index (χ0) is 18.0. The summed E-state index contributed by atoms with van der Waals surface area (Å²) in [5.74, 6) is 1.51. The molecule has 0 aliphatic carbocycles. The molecule has 5 nitrogen and oxygen atoms in total. The van der Waals surface area contributed by atoms with Crippen molar-refractivity contribution in [3.8, 4) is 5.69 Å². The van der Waals surface area contributed by atoms with Crippen molar-refractivity contribution in [1.29, 1.82) is 0 Å². The van der Waals surface area contributed by atoms with E-state index in [-0.39, 0.29) is 11.2 Å². The van der Waals surface area contributed by atoms with Crippen LogP contribution in [-0.2, 0) is 4.79 Å². The number of Topliss-reactive ketones (excluding diaryl/α,β-unsaturated/α-hetero) is 1. The molecule has 1 aliphatic heterocycles. The number of ketones is 1. The van der Waals surface area contributed by atoms with E-state index in [4.69, 9.17) is 0 Å². The fourth-order valence-electron chi connectivity index (χ4n) is 2.74. The van der Waals surface area contributed by atoms with Crippen LogP contribution in [0.4, 0.5) is 5.95 Å². The van der Waals surface area contributed by atoms with Gasteiger partial charge in [0.15, 0.2) is 5.16 Å². The molecule has 1 aromatic heterocycles. The minimum Gasteiger partial charge on any atom is -0.341 e. The average molecular weight is 359 g/mol. The number of carbonyl (C=O) groups excluding carboxylic acids is 1. The molecule has 1 fully saturated rings. The Bertz CT molecular complexity index is 740. The Hall–Kier alpha value is -1.82. The van der Waals surface area contributed by atoms with Crippen LogP contribution in [0.3, 0.4) is 0 Å². The van der Waals surface area contributed by atoms with Gasteiger partial charge in [-0.2, -0.15) is 0 Å². The molecular weight excluding hydrogens is 332 g/mol. The molecule has 0 saturated carbocycles. The number of aryl methyl sites for hydroxylation is 1. The maximum atomic E-state index is 12.3. The Kier molecular flexibility index (Phi) is 5.18. The highest BCUT2D eigenvalue weighted by atomic mass is 32.2. The Balaban J connectivity index is 1.92. The molecule has 0 spiro atoms. The highest BCUT2D eigenvalue weighted by Crippen LogP contribution is 2.30. The van der Waals surface area contributed by atoms with Gasteiger partial charge >= 0.3 is 0 Å². The third-order valence-electron chi connectivity index (χ3n) is 4.47. The topological polar surface area (TPSA) is 51.0 Å². The van der Waals surface area contributed by atoms with Crippen molar-refractivity contribution in [3.05, 3.63) is 29.8 Å². The predicted molar refractivity (Wildman–Crippen MR) is 103 cm³/mol. The second-order valence-electron chi connectivity index (χ2n) is 7.61. The smallest absolute Gasteiger partial charge is 0.232 e. The number of hydrogen-bond acceptors (Lipinski definition) is 5. The Morgan fingerprint density at radius 2 is 1.76 bits per heavy atom. The molecule has 25 heavy (non-hydrogen) atoms. The first-order valence-electron chi connectivity index (χ1n) is 8.80. The van der Waals surface area contributed by atoms with Crippen LogP contribution in [0.2, 0.25) is 0 Å². The minimum atomic E-state index is -0.334. The lowest BCUT2D eigenvalue weighted by Gasteiger charge is -2.19. The Morgan fingerprint density at radius 3 is 2.36 bits per heavy atom. The zero-order valence-electron chi connectivity index (χ0n) is 15.5. The van der Waals surface area contributed by atoms with Crippen molar-refractivity contribution < 1.29 is 4.79 Å². The maximum absolute atomic E-state index is 12.3. The van der Waals surface area contributed by atoms with Crippen LogP contribution in [0.1, 0.15) is 39.2 Å². The van der Waals surface area contributed by atoms with E-state index >= 15 is 0 Å². The fourth-order valence-corrected chi connectivity index (χ4v) is 3.85. The van der Waals surface area contributed by atoms with Crippen molar-refractivity contribution >= 4 is 23.5 Å². The second-order valence-corrected chi connectivity index (χ2v) is 8.55. The molecule has 0 bridgehead atoms. The number of rotatable bonds is 5. The third-order valence-corrected chi connectivity index (χ3v) is 5.40. The number of benzene rings is 1. The largest absolute Gasteiger partial charge is 0.341 e. The fraction of sp³-hybridized carbons (Fsp3) is 0.526. The van der Waals surface area contributed by atoms with E-state index in [9.17, 15) is 4.79 Å². The van der Waals surface area contributed by atoms with Gasteiger partial charge in [0, 0.05) is 18.5 Å². The normalized spacial score (nSPS) is 15.0. The first-order valence-corrected chi connectivity index (χ1v) is 9.78. The van der Waals surface area contributed by atoms with Gasteiger partial charge in [0.2, 0.25) is 5.95 Å². The van der Waals surface area contributed by atoms with E-state index in [1.165, 1.54) is 30.2 Å². The number of hydrogen-bond donors (Lipinski definition) is 0. The molecule has 0 N–H and O–H groups in total. The van der Waals surface area contributed by atoms with Gasteiger partial charge in [0.25, 0.3) is 0 Å². The van der Waals surface area contributed by atoms with Gasteiger partial charge in [-0.05, 0) is 31.9 Å². The lowest BCUT2D eigenvalue weighted by Crippen LogP contribution is -2.23. The highest BCUT2D eigenvalue weighted by Gasteiger charge is 2.25. The standard InChI is InChI=1S/C19H26N4OS/c1-14-7-9-15(10-8-14)23-17(22-11-5-6-12-22)20-21-18(23)25-13-16(24)19(2,3)4/h7-10H,5-6,11-13H2,1-4H3. The van der Waals surface area contributed by atoms with Crippen molar-refractivity contribution in [2.24, 2.45) is 5.41 Å². The van der Waals surface area contributed by atoms with E-state index in [1.54, 1.807) is 0 Å². The summed E-state index contributed by atoms with van der Waals surface area (Å²) in [7, 11) is 0. The van der Waals surface area contributed by atoms with E-state index in [0.717, 1.165) is 29.9 Å². The van der Waals surface area contributed by atoms with E-state index in [1.807, 2.05) is 20.8 Å². The van der Waals surface area contributed by atoms with Crippen LogP contribution in [-0.4, -0.2) is 39.4 Å². The number of anilines is 1. The van der Waals surface area contributed by atoms with E-state index in [0.29, 0.717) is 5.75 Å².